The normalized spacial score (nSPS) is 43.7. The molecular formula is C34H73B6N28O22P2-3. The molecule has 17 aliphatic rings. The van der Waals surface area contributed by atoms with Gasteiger partial charge in [-0.1, -0.05) is 45.3 Å². The number of ether oxygens (including phenoxy) is 4. The van der Waals surface area contributed by atoms with Crippen LogP contribution < -0.4 is 36.8 Å². The maximum absolute atomic E-state index is 11.4. The average Bonchev–Trinajstić information content (AvgIpc) is 0.812. The van der Waals surface area contributed by atoms with E-state index in [1.54, 1.807) is 130 Å². The number of hydrazine groups is 29. The van der Waals surface area contributed by atoms with Crippen molar-refractivity contribution in [2.75, 3.05) is 81.3 Å². The lowest BCUT2D eigenvalue weighted by atomic mass is 9.26. The van der Waals surface area contributed by atoms with Crippen molar-refractivity contribution < 1.29 is 107 Å². The summed E-state index contributed by atoms with van der Waals surface area (Å²) in [4.78, 5) is 70.8. The van der Waals surface area contributed by atoms with Gasteiger partial charge in [-0.3, -0.25) is 23.9 Å². The third-order valence-corrected chi connectivity index (χ3v) is 18.6. The number of phosphoric acid groups is 2. The van der Waals surface area contributed by atoms with Gasteiger partial charge in [-0.25, -0.2) is 9.84 Å². The molecule has 17 fully saturated rings. The monoisotopic (exact) mass is 1350 g/mol. The minimum atomic E-state index is -5.36. The summed E-state index contributed by atoms with van der Waals surface area (Å²) >= 11 is 0. The molecule has 17 saturated heterocycles. The van der Waals surface area contributed by atoms with E-state index >= 15 is 0 Å². The lowest BCUT2D eigenvalue weighted by molar-refractivity contribution is -0.728. The quantitative estimate of drug-likeness (QED) is 0.0794. The predicted molar refractivity (Wildman–Crippen MR) is 291 cm³/mol. The van der Waals surface area contributed by atoms with Gasteiger partial charge in [-0.15, -0.1) is 78.5 Å². The molecule has 17 unspecified atom stereocenters. The molecule has 0 aromatic carbocycles. The molecule has 512 valence electrons. The summed E-state index contributed by atoms with van der Waals surface area (Å²) in [6, 6.07) is -6.29. The number of aliphatic hydroxyl groups is 6. The van der Waals surface area contributed by atoms with Crippen LogP contribution in [0.5, 0.6) is 0 Å². The predicted octanol–water partition coefficient (Wildman–Crippen LogP) is -16.5. The molecule has 17 rings (SSSR count). The van der Waals surface area contributed by atoms with Crippen LogP contribution in [0.3, 0.4) is 0 Å². The Morgan fingerprint density at radius 2 is 1.01 bits per heavy atom. The molecule has 11 N–H and O–H groups in total. The minimum absolute atomic E-state index is 0. The molecule has 0 spiro atoms. The van der Waals surface area contributed by atoms with Crippen molar-refractivity contribution in [3.05, 3.63) is 0 Å². The summed E-state index contributed by atoms with van der Waals surface area (Å²) in [5.41, 5.74) is 11.6. The third kappa shape index (κ3) is 10.9. The standard InChI is InChI=1S/C15H30B3N15O11P.C15H30B3N13O11P.4CH4/c1-21-22(2)32-28(21)15(18(16)14-11(36)12(44-32)8(43-14)4-41-45(37,38)39)27-17-13-10(35)9(34)7(42-13)3-40-33-26-6-24-23(5-25(26)31(27)33)29-19-20-30(24)29;1-21-22(2)31-30(21)27(17-13-10(33)9(32)7(40-13)3-38-31)15-18(16)14-11(34)12(8(41-14)4-39-43(35,36)37)42-26-6-25-24(5-23(15)26)28-19-20-29(25)28;;;;/h7-15,19-20,34-36H,3-6H2,1-2H3,(H2,37,38,39);7-15,19-20,32-34H,3-6H2,1-2H3,(H2,35,36,37);4*1H4/p-3/t2*7?,8?,9?,10?,11?,12?,13?,14?,15-;;;;/m10..../s1. The molecule has 58 heteroatoms. The maximum atomic E-state index is 11.4. The maximum Gasteiger partial charge on any atom is 0.273 e. The van der Waals surface area contributed by atoms with E-state index < -0.39 is 151 Å². The summed E-state index contributed by atoms with van der Waals surface area (Å²) in [6.07, 6.45) is -14.1. The van der Waals surface area contributed by atoms with Crippen LogP contribution in [-0.2, 0) is 56.5 Å². The summed E-state index contributed by atoms with van der Waals surface area (Å²) < 4.78 is 55.7. The van der Waals surface area contributed by atoms with Crippen LogP contribution in [0.15, 0.2) is 0 Å². The van der Waals surface area contributed by atoms with Gasteiger partial charge in [0.25, 0.3) is 22.7 Å². The highest BCUT2D eigenvalue weighted by Gasteiger charge is 2.69. The molecule has 8 bridgehead atoms. The average molecular weight is 1350 g/mol. The molecule has 0 aromatic heterocycles. The Bertz CT molecular complexity index is 2780. The van der Waals surface area contributed by atoms with Crippen LogP contribution in [0.4, 0.5) is 0 Å². The zero-order valence-electron chi connectivity index (χ0n) is 46.4. The van der Waals surface area contributed by atoms with E-state index in [4.69, 9.17) is 53.8 Å². The Kier molecular flexibility index (Phi) is 19.6. The molecule has 19 atom stereocenters. The summed E-state index contributed by atoms with van der Waals surface area (Å²) in [6.45, 7) is -2.95. The van der Waals surface area contributed by atoms with Gasteiger partial charge in [0.05, 0.1) is 57.2 Å². The highest BCUT2D eigenvalue weighted by atomic mass is 31.2. The second-order valence-corrected chi connectivity index (χ2v) is 24.9. The second kappa shape index (κ2) is 25.5. The van der Waals surface area contributed by atoms with Gasteiger partial charge < -0.3 is 82.8 Å². The van der Waals surface area contributed by atoms with Crippen molar-refractivity contribution in [2.24, 2.45) is 0 Å². The number of nitrogens with zero attached hydrogens (tertiary/aromatic N) is 24. The second-order valence-electron chi connectivity index (χ2n) is 22.5. The molecule has 92 heavy (non-hydrogen) atoms. The first-order valence-electron chi connectivity index (χ1n) is 27.4. The first-order chi connectivity index (χ1) is 41.8. The molecule has 17 aliphatic heterocycles. The molecule has 17 heterocycles. The van der Waals surface area contributed by atoms with Gasteiger partial charge in [-0.2, -0.15) is 5.01 Å². The molecule has 0 aromatic rings. The van der Waals surface area contributed by atoms with Crippen molar-refractivity contribution in [1.82, 2.24) is 146 Å². The fourth-order valence-corrected chi connectivity index (χ4v) is 13.6. The van der Waals surface area contributed by atoms with Crippen LogP contribution in [0.1, 0.15) is 29.7 Å². The zero-order valence-corrected chi connectivity index (χ0v) is 48.2. The van der Waals surface area contributed by atoms with Gasteiger partial charge in [0.15, 0.2) is 13.2 Å². The SMILES string of the molecule is C.C.C.C.[B]B1C2OC(COP(=O)([O-])O)C(ON3N(C)N(C)N3[C@H]1N1[B]C3OC(CON4N5CN6N(CN5N14)N1NNN61)C(O)C3O)C2O.[B]B1C2OC(COP(=O)([O-])[O-])C(ON3CN4N(CN3[C@H]1N1[B]C3OC(CON5N(C)N(C)N15)C(O)C3O)N1NNN41)C2O. The van der Waals surface area contributed by atoms with E-state index in [2.05, 4.69) is 31.2 Å². The van der Waals surface area contributed by atoms with Crippen LogP contribution >= 0.6 is 15.6 Å². The smallest absolute Gasteiger partial charge is 0.273 e. The van der Waals surface area contributed by atoms with Crippen molar-refractivity contribution >= 4 is 59.2 Å². The lowest BCUT2D eigenvalue weighted by Gasteiger charge is -2.73. The van der Waals surface area contributed by atoms with Gasteiger partial charge in [-0.05, 0) is 31.5 Å². The Morgan fingerprint density at radius 3 is 1.54 bits per heavy atom. The van der Waals surface area contributed by atoms with E-state index in [0.29, 0.717) is 6.67 Å². The van der Waals surface area contributed by atoms with E-state index in [1.807, 2.05) is 15.4 Å². The molecule has 50 nitrogen and oxygen atoms in total. The largest absolute Gasteiger partial charge is 0.790 e. The molecule has 6 radical (unpaired) electrons. The summed E-state index contributed by atoms with van der Waals surface area (Å²) in [5, 5.41) is 102. The van der Waals surface area contributed by atoms with Crippen molar-refractivity contribution in [1.29, 1.82) is 0 Å². The van der Waals surface area contributed by atoms with Crippen molar-refractivity contribution in [2.45, 2.75) is 139 Å². The van der Waals surface area contributed by atoms with E-state index in [0.717, 1.165) is 0 Å². The van der Waals surface area contributed by atoms with E-state index in [9.17, 15) is 59.3 Å². The Labute approximate surface area is 530 Å². The zero-order chi connectivity index (χ0) is 61.4. The Morgan fingerprint density at radius 1 is 0.543 bits per heavy atom. The number of phosphoric ester groups is 2. The van der Waals surface area contributed by atoms with Crippen LogP contribution in [0, 0.1) is 0 Å². The topological polar surface area (TPSA) is 463 Å². The van der Waals surface area contributed by atoms with E-state index in [-0.39, 0.29) is 62.9 Å². The van der Waals surface area contributed by atoms with Gasteiger partial charge in [0.2, 0.25) is 0 Å². The number of rotatable bonds is 8. The minimum Gasteiger partial charge on any atom is -0.790 e. The number of hydrogen-bond acceptors (Lipinski definition) is 49. The fraction of sp³-hybridized carbons (Fsp3) is 1.00. The van der Waals surface area contributed by atoms with Gasteiger partial charge in [0, 0.05) is 48.9 Å². The van der Waals surface area contributed by atoms with Crippen LogP contribution in [0.25, 0.3) is 0 Å². The van der Waals surface area contributed by atoms with Crippen molar-refractivity contribution in [3.8, 4) is 0 Å². The fourth-order valence-electron chi connectivity index (χ4n) is 13.0. The highest BCUT2D eigenvalue weighted by Crippen LogP contribution is 2.45. The molecule has 0 saturated carbocycles. The first-order valence-corrected chi connectivity index (χ1v) is 30.4. The van der Waals surface area contributed by atoms with Crippen LogP contribution in [0.2, 0.25) is 0 Å². The molecule has 0 amide bonds. The first kappa shape index (κ1) is 70.8. The number of aliphatic hydroxyl groups excluding tert-OH is 6. The molecule has 0 aliphatic carbocycles. The highest BCUT2D eigenvalue weighted by molar-refractivity contribution is 7.44. The number of fused-ring (bicyclic) bond motifs is 23. The van der Waals surface area contributed by atoms with E-state index in [1.165, 1.54) is 21.0 Å². The van der Waals surface area contributed by atoms with Gasteiger partial charge in [0.1, 0.15) is 113 Å². The number of hydroxylamine groups is 1. The van der Waals surface area contributed by atoms with Crippen LogP contribution in [-0.4, -0.2) is 393 Å². The number of hydrogen-bond donors (Lipinski definition) is 11. The van der Waals surface area contributed by atoms with Gasteiger partial charge >= 0.3 is 0 Å². The summed E-state index contributed by atoms with van der Waals surface area (Å²) in [5.74, 6) is 0. The third-order valence-electron chi connectivity index (χ3n) is 17.7. The summed E-state index contributed by atoms with van der Waals surface area (Å²) in [7, 11) is 13.4. The Balaban J connectivity index is 0.000000170. The molecular weight excluding hydrogens is 1280 g/mol. The number of nitrogens with one attached hydrogen (secondary N) is 4. The lowest BCUT2D eigenvalue weighted by Crippen LogP contribution is -3.01. The Hall–Kier alpha value is -1.07. The van der Waals surface area contributed by atoms with Crippen molar-refractivity contribution in [3.63, 3.8) is 0 Å².